The smallest absolute Gasteiger partial charge is 0.0955 e. The first-order chi connectivity index (χ1) is 7.68. The van der Waals surface area contributed by atoms with Crippen LogP contribution >= 0.6 is 11.3 Å². The van der Waals surface area contributed by atoms with Crippen molar-refractivity contribution < 1.29 is 0 Å². The Labute approximate surface area is 103 Å². The molecule has 0 N–H and O–H groups in total. The maximum Gasteiger partial charge on any atom is 0.0955 e. The van der Waals surface area contributed by atoms with E-state index in [-0.39, 0.29) is 0 Å². The minimum absolute atomic E-state index is 0.619. The van der Waals surface area contributed by atoms with Gasteiger partial charge < -0.3 is 4.90 Å². The normalized spacial score (nSPS) is 23.2. The fraction of sp³-hybridized carbons (Fsp3) is 0.769. The average molecular weight is 238 g/mol. The van der Waals surface area contributed by atoms with Gasteiger partial charge in [-0.05, 0) is 44.8 Å². The number of hydrogen-bond acceptors (Lipinski definition) is 3. The Balaban J connectivity index is 1.94. The van der Waals surface area contributed by atoms with Crippen molar-refractivity contribution in [2.24, 2.45) is 11.8 Å². The third-order valence-corrected chi connectivity index (χ3v) is 5.11. The fourth-order valence-electron chi connectivity index (χ4n) is 2.65. The van der Waals surface area contributed by atoms with E-state index in [1.54, 1.807) is 11.3 Å². The highest BCUT2D eigenvalue weighted by Gasteiger charge is 2.27. The summed E-state index contributed by atoms with van der Waals surface area (Å²) in [5.41, 5.74) is 0. The Hall–Kier alpha value is -0.410. The van der Waals surface area contributed by atoms with Crippen LogP contribution in [0.4, 0.5) is 0 Å². The molecule has 2 heterocycles. The molecule has 2 atom stereocenters. The number of hydrogen-bond donors (Lipinski definition) is 0. The first kappa shape index (κ1) is 12.1. The molecule has 1 aromatic heterocycles. The van der Waals surface area contributed by atoms with Crippen molar-refractivity contribution in [1.82, 2.24) is 9.88 Å². The molecule has 0 spiro atoms. The van der Waals surface area contributed by atoms with Crippen molar-refractivity contribution in [3.05, 3.63) is 16.6 Å². The van der Waals surface area contributed by atoms with Crippen molar-refractivity contribution in [2.45, 2.75) is 32.6 Å². The van der Waals surface area contributed by atoms with Crippen LogP contribution in [-0.2, 0) is 0 Å². The second-order valence-electron chi connectivity index (χ2n) is 5.16. The first-order valence-corrected chi connectivity index (χ1v) is 7.14. The van der Waals surface area contributed by atoms with Crippen molar-refractivity contribution in [2.75, 3.05) is 20.1 Å². The van der Waals surface area contributed by atoms with Crippen LogP contribution in [0.1, 0.15) is 37.6 Å². The summed E-state index contributed by atoms with van der Waals surface area (Å²) >= 11 is 1.80. The molecule has 2 unspecified atom stereocenters. The van der Waals surface area contributed by atoms with Crippen LogP contribution in [0, 0.1) is 11.8 Å². The van der Waals surface area contributed by atoms with E-state index in [4.69, 9.17) is 0 Å². The van der Waals surface area contributed by atoms with E-state index < -0.39 is 0 Å². The zero-order valence-electron chi connectivity index (χ0n) is 10.5. The SMILES string of the molecule is CC(c1nccs1)C(C)C1CCN(C)CC1. The molecule has 0 saturated carbocycles. The number of thiazole rings is 1. The van der Waals surface area contributed by atoms with Crippen molar-refractivity contribution in [3.63, 3.8) is 0 Å². The molecule has 0 radical (unpaired) electrons. The Bertz CT molecular complexity index is 302. The Morgan fingerprint density at radius 1 is 1.38 bits per heavy atom. The van der Waals surface area contributed by atoms with Gasteiger partial charge in [-0.3, -0.25) is 0 Å². The van der Waals surface area contributed by atoms with Crippen LogP contribution in [0.3, 0.4) is 0 Å². The summed E-state index contributed by atoms with van der Waals surface area (Å²) in [7, 11) is 2.23. The lowest BCUT2D eigenvalue weighted by molar-refractivity contribution is 0.166. The highest BCUT2D eigenvalue weighted by atomic mass is 32.1. The molecule has 2 nitrogen and oxygen atoms in total. The zero-order valence-corrected chi connectivity index (χ0v) is 11.3. The van der Waals surface area contributed by atoms with Gasteiger partial charge in [0.1, 0.15) is 0 Å². The van der Waals surface area contributed by atoms with Crippen molar-refractivity contribution in [1.29, 1.82) is 0 Å². The molecule has 90 valence electrons. The van der Waals surface area contributed by atoms with E-state index in [0.717, 1.165) is 11.8 Å². The molecule has 0 bridgehead atoms. The summed E-state index contributed by atoms with van der Waals surface area (Å²) < 4.78 is 0. The number of piperidine rings is 1. The molecule has 1 aliphatic rings. The van der Waals surface area contributed by atoms with Gasteiger partial charge >= 0.3 is 0 Å². The minimum atomic E-state index is 0.619. The van der Waals surface area contributed by atoms with Gasteiger partial charge in [0.25, 0.3) is 0 Å². The highest BCUT2D eigenvalue weighted by molar-refractivity contribution is 7.09. The Morgan fingerprint density at radius 3 is 2.62 bits per heavy atom. The summed E-state index contributed by atoms with van der Waals surface area (Å²) in [4.78, 5) is 6.90. The largest absolute Gasteiger partial charge is 0.306 e. The van der Waals surface area contributed by atoms with E-state index in [9.17, 15) is 0 Å². The minimum Gasteiger partial charge on any atom is -0.306 e. The molecule has 3 heteroatoms. The van der Waals surface area contributed by atoms with Gasteiger partial charge in [0.15, 0.2) is 0 Å². The standard InChI is InChI=1S/C13H22N2S/c1-10(11(2)13-14-6-9-16-13)12-4-7-15(3)8-5-12/h6,9-12H,4-5,7-8H2,1-3H3. The summed E-state index contributed by atoms with van der Waals surface area (Å²) in [6, 6.07) is 0. The molecule has 0 amide bonds. The number of nitrogens with zero attached hydrogens (tertiary/aromatic N) is 2. The maximum atomic E-state index is 4.46. The lowest BCUT2D eigenvalue weighted by atomic mass is 9.79. The van der Waals surface area contributed by atoms with Crippen LogP contribution in [-0.4, -0.2) is 30.0 Å². The number of likely N-dealkylation sites (tertiary alicyclic amines) is 1. The quantitative estimate of drug-likeness (QED) is 0.804. The van der Waals surface area contributed by atoms with Gasteiger partial charge in [-0.1, -0.05) is 13.8 Å². The number of rotatable bonds is 3. The molecule has 1 aromatic rings. The lowest BCUT2D eigenvalue weighted by Crippen LogP contribution is -2.33. The maximum absolute atomic E-state index is 4.46. The van der Waals surface area contributed by atoms with E-state index >= 15 is 0 Å². The molecular formula is C13H22N2S. The van der Waals surface area contributed by atoms with E-state index in [2.05, 4.69) is 36.2 Å². The first-order valence-electron chi connectivity index (χ1n) is 6.26. The van der Waals surface area contributed by atoms with Gasteiger partial charge in [-0.2, -0.15) is 0 Å². The summed E-state index contributed by atoms with van der Waals surface area (Å²) in [5, 5.41) is 3.40. The molecule has 0 aromatic carbocycles. The molecule has 1 saturated heterocycles. The molecule has 16 heavy (non-hydrogen) atoms. The summed E-state index contributed by atoms with van der Waals surface area (Å²) in [6.07, 6.45) is 4.64. The Kier molecular flexibility index (Phi) is 3.98. The molecular weight excluding hydrogens is 216 g/mol. The van der Waals surface area contributed by atoms with Gasteiger partial charge in [-0.15, -0.1) is 11.3 Å². The summed E-state index contributed by atoms with van der Waals surface area (Å²) in [6.45, 7) is 7.27. The Morgan fingerprint density at radius 2 is 2.06 bits per heavy atom. The highest BCUT2D eigenvalue weighted by Crippen LogP contribution is 2.35. The molecule has 2 rings (SSSR count). The van der Waals surface area contributed by atoms with E-state index in [0.29, 0.717) is 5.92 Å². The third kappa shape index (κ3) is 2.64. The number of aromatic nitrogens is 1. The predicted octanol–water partition coefficient (Wildman–Crippen LogP) is 3.22. The van der Waals surface area contributed by atoms with Crippen LogP contribution in [0.5, 0.6) is 0 Å². The van der Waals surface area contributed by atoms with Crippen LogP contribution in [0.2, 0.25) is 0 Å². The fourth-order valence-corrected chi connectivity index (χ4v) is 3.46. The van der Waals surface area contributed by atoms with Gasteiger partial charge in [0, 0.05) is 17.5 Å². The van der Waals surface area contributed by atoms with Crippen LogP contribution < -0.4 is 0 Å². The molecule has 0 aliphatic carbocycles. The van der Waals surface area contributed by atoms with Crippen LogP contribution in [0.15, 0.2) is 11.6 Å². The average Bonchev–Trinajstić information content (AvgIpc) is 2.81. The topological polar surface area (TPSA) is 16.1 Å². The monoisotopic (exact) mass is 238 g/mol. The van der Waals surface area contributed by atoms with Crippen molar-refractivity contribution >= 4 is 11.3 Å². The van der Waals surface area contributed by atoms with E-state index in [1.807, 2.05) is 6.20 Å². The van der Waals surface area contributed by atoms with Gasteiger partial charge in [0.05, 0.1) is 5.01 Å². The van der Waals surface area contributed by atoms with E-state index in [1.165, 1.54) is 30.9 Å². The second-order valence-corrected chi connectivity index (χ2v) is 6.08. The van der Waals surface area contributed by atoms with Crippen molar-refractivity contribution in [3.8, 4) is 0 Å². The molecule has 1 fully saturated rings. The second kappa shape index (κ2) is 5.28. The molecule has 1 aliphatic heterocycles. The van der Waals surface area contributed by atoms with Gasteiger partial charge in [-0.25, -0.2) is 4.98 Å². The summed E-state index contributed by atoms with van der Waals surface area (Å²) in [5.74, 6) is 2.27. The zero-order chi connectivity index (χ0) is 11.5. The van der Waals surface area contributed by atoms with Crippen LogP contribution in [0.25, 0.3) is 0 Å². The predicted molar refractivity (Wildman–Crippen MR) is 69.9 cm³/mol. The lowest BCUT2D eigenvalue weighted by Gasteiger charge is -2.34. The third-order valence-electron chi connectivity index (χ3n) is 4.14. The van der Waals surface area contributed by atoms with Gasteiger partial charge in [0.2, 0.25) is 0 Å².